The number of halogens is 4. The molecule has 0 spiro atoms. The van der Waals surface area contributed by atoms with E-state index >= 15 is 17.6 Å². The molecule has 0 fully saturated rings. The predicted molar refractivity (Wildman–Crippen MR) is 236 cm³/mol. The number of unbranched alkanes of at least 4 members (excludes halogenated alkanes) is 9. The van der Waals surface area contributed by atoms with Gasteiger partial charge in [-0.25, -0.2) is 26.9 Å². The zero-order chi connectivity index (χ0) is 43.8. The number of hydrogen-bond acceptors (Lipinski definition) is 4. The first-order chi connectivity index (χ1) is 28.8. The van der Waals surface area contributed by atoms with Crippen LogP contribution in [0.1, 0.15) is 196 Å². The van der Waals surface area contributed by atoms with Crippen LogP contribution in [0, 0.1) is 23.3 Å². The van der Waals surface area contributed by atoms with Gasteiger partial charge in [0.15, 0.2) is 23.3 Å². The van der Waals surface area contributed by atoms with Crippen molar-refractivity contribution >= 4 is 17.2 Å². The maximum atomic E-state index is 17.2. The van der Waals surface area contributed by atoms with E-state index in [0.29, 0.717) is 28.7 Å². The normalized spacial score (nSPS) is 19.7. The Hall–Kier alpha value is -3.88. The smallest absolute Gasteiger partial charge is 0.341 e. The van der Waals surface area contributed by atoms with Crippen LogP contribution < -0.4 is 24.8 Å². The number of fused-ring (bicyclic) bond motifs is 4. The van der Waals surface area contributed by atoms with Crippen LogP contribution in [0.15, 0.2) is 12.1 Å². The van der Waals surface area contributed by atoms with Crippen molar-refractivity contribution in [3.63, 3.8) is 0 Å². The molecule has 0 saturated heterocycles. The van der Waals surface area contributed by atoms with Crippen molar-refractivity contribution < 1.29 is 31.8 Å². The first-order valence-electron chi connectivity index (χ1n) is 23.3. The summed E-state index contributed by atoms with van der Waals surface area (Å²) in [5, 5.41) is 1.54. The van der Waals surface area contributed by atoms with E-state index in [9.17, 15) is 4.79 Å². The van der Waals surface area contributed by atoms with Crippen molar-refractivity contribution in [1.29, 1.82) is 0 Å². The quantitative estimate of drug-likeness (QED) is 0.0336. The number of ether oxygens (including phenoxy) is 2. The number of nitrogens with zero attached hydrogens (tertiary/aromatic N) is 2. The molecule has 3 aromatic carbocycles. The Bertz CT molecular complexity index is 2410. The second-order valence-electron chi connectivity index (χ2n) is 21.4. The molecule has 61 heavy (non-hydrogen) atoms. The largest absolute Gasteiger partial charge is 0.462 e. The van der Waals surface area contributed by atoms with Crippen LogP contribution in [0.3, 0.4) is 0 Å². The highest BCUT2D eigenvalue weighted by Crippen LogP contribution is 2.57. The molecule has 3 aromatic rings. The minimum absolute atomic E-state index is 0.0494. The summed E-state index contributed by atoms with van der Waals surface area (Å²) in [6.45, 7) is 23.2. The van der Waals surface area contributed by atoms with Crippen LogP contribution >= 0.6 is 0 Å². The number of rotatable bonds is 13. The van der Waals surface area contributed by atoms with Gasteiger partial charge in [0, 0.05) is 75.5 Å². The van der Waals surface area contributed by atoms with Gasteiger partial charge in [-0.3, -0.25) is 0 Å². The molecule has 5 aliphatic rings. The van der Waals surface area contributed by atoms with Crippen molar-refractivity contribution in [3.05, 3.63) is 84.9 Å². The van der Waals surface area contributed by atoms with Crippen LogP contribution in [0.2, 0.25) is 0 Å². The molecule has 0 saturated carbocycles. The summed E-state index contributed by atoms with van der Waals surface area (Å²) in [5.74, 6) is -7.56. The highest BCUT2D eigenvalue weighted by molar-refractivity contribution is 6.01. The van der Waals surface area contributed by atoms with Crippen LogP contribution in [0.4, 0.5) is 23.2 Å². The van der Waals surface area contributed by atoms with Gasteiger partial charge >= 0.3 is 5.97 Å². The SMILES string of the molecule is CCCCCCCCCCCCOC(=O)c1c(F)c(F)c(F)c(F)c1C1=c2cc3c4c(c2Oc2c1cc1c5c2C(C)(C)CCN5CCC1(C)C)C(C)(C)CC[N+]=4CCC3(C)C. The second-order valence-corrected chi connectivity index (χ2v) is 21.4. The maximum absolute atomic E-state index is 17.2. The minimum atomic E-state index is -2.03. The van der Waals surface area contributed by atoms with Crippen LogP contribution in [-0.2, 0) is 26.4 Å². The number of hydrogen-bond donors (Lipinski definition) is 0. The lowest BCUT2D eigenvalue weighted by Gasteiger charge is -2.49. The van der Waals surface area contributed by atoms with E-state index in [1.807, 2.05) is 12.1 Å². The van der Waals surface area contributed by atoms with E-state index in [4.69, 9.17) is 9.47 Å². The third-order valence-corrected chi connectivity index (χ3v) is 15.2. The fourth-order valence-electron chi connectivity index (χ4n) is 11.1. The van der Waals surface area contributed by atoms with Crippen LogP contribution in [0.5, 0.6) is 11.5 Å². The average Bonchev–Trinajstić information content (AvgIpc) is 3.20. The summed E-state index contributed by atoms with van der Waals surface area (Å²) in [6, 6.07) is 4.01. The Morgan fingerprint density at radius 2 is 1.23 bits per heavy atom. The highest BCUT2D eigenvalue weighted by atomic mass is 19.2. The van der Waals surface area contributed by atoms with Gasteiger partial charge in [0.2, 0.25) is 5.36 Å². The Balaban J connectivity index is 1.36. The van der Waals surface area contributed by atoms with Crippen LogP contribution in [-0.4, -0.2) is 38.8 Å². The molecule has 0 amide bonds. The van der Waals surface area contributed by atoms with E-state index < -0.39 is 51.2 Å². The summed E-state index contributed by atoms with van der Waals surface area (Å²) in [7, 11) is 0. The molecule has 0 unspecified atom stereocenters. The molecule has 0 atom stereocenters. The number of esters is 1. The summed E-state index contributed by atoms with van der Waals surface area (Å²) in [5.41, 5.74) is 2.72. The molecule has 0 aliphatic carbocycles. The number of carbonyl (C=O) groups is 1. The predicted octanol–water partition coefficient (Wildman–Crippen LogP) is 11.7. The molecule has 9 heteroatoms. The molecule has 0 radical (unpaired) electrons. The molecule has 5 nitrogen and oxygen atoms in total. The fourth-order valence-corrected chi connectivity index (χ4v) is 11.1. The molecule has 330 valence electrons. The number of carbonyl (C=O) groups excluding carboxylic acids is 1. The molecule has 5 aliphatic heterocycles. The number of anilines is 1. The molecule has 8 rings (SSSR count). The molecular weight excluding hydrogens is 777 g/mol. The molecule has 0 aromatic heterocycles. The van der Waals surface area contributed by atoms with Gasteiger partial charge in [0.05, 0.1) is 12.2 Å². The molecule has 0 bridgehead atoms. The third-order valence-electron chi connectivity index (χ3n) is 15.2. The van der Waals surface area contributed by atoms with Gasteiger partial charge in [-0.05, 0) is 47.8 Å². The van der Waals surface area contributed by atoms with Gasteiger partial charge in [0.25, 0.3) is 0 Å². The van der Waals surface area contributed by atoms with Crippen molar-refractivity contribution in [2.45, 2.75) is 174 Å². The lowest BCUT2D eigenvalue weighted by atomic mass is 9.67. The standard InChI is InChI=1S/C52H67F4N2O3/c1-10-11-12-13-14-15-16-17-18-19-28-60-48(59)37-36(40(53)42(55)43(56)41(37)54)35-31-29-33-44-38(51(6,7)22-26-57(44)24-20-49(33,2)3)46(31)61-47-32(35)30-34-45-39(47)52(8,9)23-27-58(45)25-21-50(34,4)5/h29-30H,10-28H2,1-9H3/q+1. The van der Waals surface area contributed by atoms with E-state index in [1.165, 1.54) is 32.1 Å². The topological polar surface area (TPSA) is 41.8 Å². The van der Waals surface area contributed by atoms with E-state index in [-0.39, 0.29) is 23.0 Å². The molecule has 0 N–H and O–H groups in total. The zero-order valence-corrected chi connectivity index (χ0v) is 38.2. The Labute approximate surface area is 360 Å². The Morgan fingerprint density at radius 1 is 0.672 bits per heavy atom. The summed E-state index contributed by atoms with van der Waals surface area (Å²) >= 11 is 0. The first-order valence-corrected chi connectivity index (χ1v) is 23.3. The van der Waals surface area contributed by atoms with Gasteiger partial charge < -0.3 is 14.4 Å². The lowest BCUT2D eigenvalue weighted by Crippen LogP contribution is -2.54. The van der Waals surface area contributed by atoms with Crippen LogP contribution in [0.25, 0.3) is 5.57 Å². The third kappa shape index (κ3) is 7.39. The van der Waals surface area contributed by atoms with Crippen molar-refractivity contribution in [2.24, 2.45) is 0 Å². The zero-order valence-electron chi connectivity index (χ0n) is 38.2. The molecular formula is C52H67F4N2O3+. The minimum Gasteiger partial charge on any atom is -0.462 e. The van der Waals surface area contributed by atoms with Crippen molar-refractivity contribution in [3.8, 4) is 11.5 Å². The van der Waals surface area contributed by atoms with Gasteiger partial charge in [-0.1, -0.05) is 120 Å². The summed E-state index contributed by atoms with van der Waals surface area (Å²) in [4.78, 5) is 16.7. The van der Waals surface area contributed by atoms with Gasteiger partial charge in [-0.2, -0.15) is 0 Å². The van der Waals surface area contributed by atoms with E-state index in [2.05, 4.69) is 71.8 Å². The van der Waals surface area contributed by atoms with Gasteiger partial charge in [0.1, 0.15) is 30.2 Å². The average molecular weight is 844 g/mol. The Kier molecular flexibility index (Phi) is 11.5. The number of benzene rings is 3. The monoisotopic (exact) mass is 844 g/mol. The Morgan fingerprint density at radius 3 is 1.89 bits per heavy atom. The summed E-state index contributed by atoms with van der Waals surface area (Å²) in [6.07, 6.45) is 14.1. The van der Waals surface area contributed by atoms with Gasteiger partial charge in [-0.15, -0.1) is 0 Å². The van der Waals surface area contributed by atoms with Crippen molar-refractivity contribution in [2.75, 3.05) is 37.7 Å². The van der Waals surface area contributed by atoms with Crippen molar-refractivity contribution in [1.82, 2.24) is 4.58 Å². The molecule has 5 heterocycles. The van der Waals surface area contributed by atoms with E-state index in [1.54, 1.807) is 0 Å². The first kappa shape index (κ1) is 43.8. The highest BCUT2D eigenvalue weighted by Gasteiger charge is 2.48. The maximum Gasteiger partial charge on any atom is 0.341 e. The van der Waals surface area contributed by atoms with E-state index in [0.717, 1.165) is 111 Å². The second kappa shape index (κ2) is 16.0. The lowest BCUT2D eigenvalue weighted by molar-refractivity contribution is 0.0489. The fraction of sp³-hybridized carbons (Fsp3) is 0.615. The summed E-state index contributed by atoms with van der Waals surface area (Å²) < 4.78 is 80.9.